The van der Waals surface area contributed by atoms with E-state index in [2.05, 4.69) is 15.5 Å². The van der Waals surface area contributed by atoms with Crippen LogP contribution in [0.4, 0.5) is 0 Å². The van der Waals surface area contributed by atoms with Crippen LogP contribution in [0.3, 0.4) is 0 Å². The Morgan fingerprint density at radius 2 is 2.05 bits per heavy atom. The summed E-state index contributed by atoms with van der Waals surface area (Å²) >= 11 is 0. The fourth-order valence-corrected chi connectivity index (χ4v) is 3.07. The summed E-state index contributed by atoms with van der Waals surface area (Å²) in [6, 6.07) is 0. The molecule has 1 aliphatic rings. The van der Waals surface area contributed by atoms with E-state index in [1.54, 1.807) is 0 Å². The van der Waals surface area contributed by atoms with Crippen molar-refractivity contribution in [2.24, 2.45) is 0 Å². The summed E-state index contributed by atoms with van der Waals surface area (Å²) in [5.41, 5.74) is 1.86. The van der Waals surface area contributed by atoms with Crippen molar-refractivity contribution in [3.63, 3.8) is 0 Å². The quantitative estimate of drug-likeness (QED) is 0.714. The lowest BCUT2D eigenvalue weighted by molar-refractivity contribution is 0.0212. The van der Waals surface area contributed by atoms with Crippen LogP contribution in [0.2, 0.25) is 0 Å². The van der Waals surface area contributed by atoms with E-state index >= 15 is 0 Å². The largest absolute Gasteiger partial charge is 0.388 e. The summed E-state index contributed by atoms with van der Waals surface area (Å²) in [6.45, 7) is 4.39. The van der Waals surface area contributed by atoms with Gasteiger partial charge in [0, 0.05) is 17.8 Å². The van der Waals surface area contributed by atoms with Crippen molar-refractivity contribution in [1.82, 2.24) is 15.5 Å². The SMILES string of the molecule is CCCC(O)(CCC)CNC(=O)c1n[nH]c2c1CCC2. The van der Waals surface area contributed by atoms with Gasteiger partial charge in [-0.25, -0.2) is 0 Å². The van der Waals surface area contributed by atoms with Crippen molar-refractivity contribution in [2.75, 3.05) is 6.54 Å². The maximum Gasteiger partial charge on any atom is 0.272 e. The van der Waals surface area contributed by atoms with Crippen LogP contribution in [-0.2, 0) is 12.8 Å². The third-order valence-corrected chi connectivity index (χ3v) is 4.03. The topological polar surface area (TPSA) is 78.0 Å². The zero-order valence-electron chi connectivity index (χ0n) is 12.5. The second-order valence-corrected chi connectivity index (χ2v) is 5.79. The highest BCUT2D eigenvalue weighted by Crippen LogP contribution is 2.23. The Morgan fingerprint density at radius 3 is 2.70 bits per heavy atom. The molecule has 2 rings (SSSR count). The number of aliphatic hydroxyl groups is 1. The van der Waals surface area contributed by atoms with Crippen LogP contribution >= 0.6 is 0 Å². The fourth-order valence-electron chi connectivity index (χ4n) is 3.07. The number of aromatic nitrogens is 2. The molecule has 5 heteroatoms. The minimum absolute atomic E-state index is 0.171. The Balaban J connectivity index is 1.97. The predicted octanol–water partition coefficient (Wildman–Crippen LogP) is 1.96. The summed E-state index contributed by atoms with van der Waals surface area (Å²) in [5, 5.41) is 20.4. The molecule has 0 saturated heterocycles. The lowest BCUT2D eigenvalue weighted by Crippen LogP contribution is -2.43. The Kier molecular flexibility index (Phi) is 4.81. The van der Waals surface area contributed by atoms with Crippen LogP contribution in [-0.4, -0.2) is 33.4 Å². The average Bonchev–Trinajstić information content (AvgIpc) is 2.99. The van der Waals surface area contributed by atoms with Gasteiger partial charge in [0.05, 0.1) is 5.60 Å². The molecular weight excluding hydrogens is 254 g/mol. The molecule has 0 aromatic carbocycles. The molecule has 0 spiro atoms. The molecule has 0 bridgehead atoms. The van der Waals surface area contributed by atoms with E-state index in [1.807, 2.05) is 13.8 Å². The normalized spacial score (nSPS) is 14.3. The number of rotatable bonds is 7. The van der Waals surface area contributed by atoms with Crippen molar-refractivity contribution in [3.05, 3.63) is 17.0 Å². The monoisotopic (exact) mass is 279 g/mol. The van der Waals surface area contributed by atoms with E-state index in [-0.39, 0.29) is 5.91 Å². The molecular formula is C15H25N3O2. The number of H-pyrrole nitrogens is 1. The maximum atomic E-state index is 12.2. The molecule has 0 aliphatic heterocycles. The highest BCUT2D eigenvalue weighted by molar-refractivity contribution is 5.94. The molecule has 3 N–H and O–H groups in total. The van der Waals surface area contributed by atoms with Gasteiger partial charge in [0.2, 0.25) is 0 Å². The molecule has 0 atom stereocenters. The van der Waals surface area contributed by atoms with E-state index in [0.29, 0.717) is 25.1 Å². The molecule has 112 valence electrons. The minimum Gasteiger partial charge on any atom is -0.388 e. The first kappa shape index (κ1) is 15.0. The first-order chi connectivity index (χ1) is 9.59. The van der Waals surface area contributed by atoms with Gasteiger partial charge in [-0.05, 0) is 32.1 Å². The molecule has 0 fully saturated rings. The Hall–Kier alpha value is -1.36. The Labute approximate surface area is 120 Å². The Bertz CT molecular complexity index is 462. The number of aryl methyl sites for hydroxylation is 1. The number of nitrogens with zero attached hydrogens (tertiary/aromatic N) is 1. The number of carbonyl (C=O) groups excluding carboxylic acids is 1. The zero-order valence-corrected chi connectivity index (χ0v) is 12.5. The van der Waals surface area contributed by atoms with Gasteiger partial charge >= 0.3 is 0 Å². The highest BCUT2D eigenvalue weighted by Gasteiger charge is 2.28. The molecule has 1 aromatic rings. The van der Waals surface area contributed by atoms with Gasteiger partial charge in [-0.3, -0.25) is 9.89 Å². The molecule has 20 heavy (non-hydrogen) atoms. The number of hydrogen-bond acceptors (Lipinski definition) is 3. The molecule has 0 saturated carbocycles. The zero-order chi connectivity index (χ0) is 14.6. The van der Waals surface area contributed by atoms with Crippen molar-refractivity contribution in [1.29, 1.82) is 0 Å². The van der Waals surface area contributed by atoms with E-state index in [9.17, 15) is 9.90 Å². The maximum absolute atomic E-state index is 12.2. The first-order valence-electron chi connectivity index (χ1n) is 7.66. The number of nitrogens with one attached hydrogen (secondary N) is 2. The van der Waals surface area contributed by atoms with Crippen LogP contribution in [0.25, 0.3) is 0 Å². The number of aromatic amines is 1. The highest BCUT2D eigenvalue weighted by atomic mass is 16.3. The predicted molar refractivity (Wildman–Crippen MR) is 77.7 cm³/mol. The summed E-state index contributed by atoms with van der Waals surface area (Å²) in [5.74, 6) is -0.171. The van der Waals surface area contributed by atoms with Gasteiger partial charge in [0.15, 0.2) is 5.69 Å². The van der Waals surface area contributed by atoms with Gasteiger partial charge in [-0.2, -0.15) is 5.10 Å². The lowest BCUT2D eigenvalue weighted by Gasteiger charge is -2.27. The standard InChI is InChI=1S/C15H25N3O2/c1-3-8-15(20,9-4-2)10-16-14(19)13-11-6-5-7-12(11)17-18-13/h20H,3-10H2,1-2H3,(H,16,19)(H,17,18). The van der Waals surface area contributed by atoms with Crippen molar-refractivity contribution >= 4 is 5.91 Å². The van der Waals surface area contributed by atoms with Crippen molar-refractivity contribution in [3.8, 4) is 0 Å². The lowest BCUT2D eigenvalue weighted by atomic mass is 9.92. The van der Waals surface area contributed by atoms with Gasteiger partial charge in [-0.1, -0.05) is 26.7 Å². The molecule has 0 radical (unpaired) electrons. The minimum atomic E-state index is -0.793. The van der Waals surface area contributed by atoms with Crippen LogP contribution in [0.15, 0.2) is 0 Å². The van der Waals surface area contributed by atoms with Gasteiger partial charge in [0.1, 0.15) is 0 Å². The van der Waals surface area contributed by atoms with E-state index in [1.165, 1.54) is 0 Å². The number of carbonyl (C=O) groups is 1. The summed E-state index contributed by atoms with van der Waals surface area (Å²) < 4.78 is 0. The van der Waals surface area contributed by atoms with Crippen LogP contribution < -0.4 is 5.32 Å². The second-order valence-electron chi connectivity index (χ2n) is 5.79. The van der Waals surface area contributed by atoms with E-state index in [4.69, 9.17) is 0 Å². The van der Waals surface area contributed by atoms with Crippen LogP contribution in [0.5, 0.6) is 0 Å². The fraction of sp³-hybridized carbons (Fsp3) is 0.733. The molecule has 1 aliphatic carbocycles. The number of amides is 1. The molecule has 0 unspecified atom stereocenters. The van der Waals surface area contributed by atoms with E-state index < -0.39 is 5.60 Å². The molecule has 5 nitrogen and oxygen atoms in total. The summed E-state index contributed by atoms with van der Waals surface area (Å²) in [6.07, 6.45) is 6.21. The van der Waals surface area contributed by atoms with Gasteiger partial charge < -0.3 is 10.4 Å². The van der Waals surface area contributed by atoms with Gasteiger partial charge in [-0.15, -0.1) is 0 Å². The average molecular weight is 279 g/mol. The number of hydrogen-bond donors (Lipinski definition) is 3. The summed E-state index contributed by atoms with van der Waals surface area (Å²) in [7, 11) is 0. The molecule has 1 heterocycles. The Morgan fingerprint density at radius 1 is 1.35 bits per heavy atom. The number of fused-ring (bicyclic) bond motifs is 1. The van der Waals surface area contributed by atoms with Crippen LogP contribution in [0.1, 0.15) is 67.7 Å². The third-order valence-electron chi connectivity index (χ3n) is 4.03. The summed E-state index contributed by atoms with van der Waals surface area (Å²) in [4.78, 5) is 12.2. The smallest absolute Gasteiger partial charge is 0.272 e. The first-order valence-corrected chi connectivity index (χ1v) is 7.66. The van der Waals surface area contributed by atoms with Crippen molar-refractivity contribution < 1.29 is 9.90 Å². The van der Waals surface area contributed by atoms with Gasteiger partial charge in [0.25, 0.3) is 5.91 Å². The van der Waals surface area contributed by atoms with Crippen molar-refractivity contribution in [2.45, 2.75) is 64.4 Å². The van der Waals surface area contributed by atoms with Crippen LogP contribution in [0, 0.1) is 0 Å². The third kappa shape index (κ3) is 3.20. The second kappa shape index (κ2) is 6.39. The molecule has 1 amide bonds. The molecule has 1 aromatic heterocycles. The van der Waals surface area contributed by atoms with E-state index in [0.717, 1.165) is 43.4 Å².